The number of benzene rings is 1. The quantitative estimate of drug-likeness (QED) is 0.562. The van der Waals surface area contributed by atoms with Gasteiger partial charge in [-0.15, -0.1) is 13.2 Å². The standard InChI is InChI=1S/C7H2BrF5O/c8-3-1-5(10)6(2-4(3)9)14-7(11,12)13/h1-2H. The van der Waals surface area contributed by atoms with Crippen molar-refractivity contribution in [3.05, 3.63) is 28.2 Å². The van der Waals surface area contributed by atoms with Gasteiger partial charge in [0.1, 0.15) is 5.82 Å². The molecular formula is C7H2BrF5O. The van der Waals surface area contributed by atoms with Crippen molar-refractivity contribution in [2.45, 2.75) is 6.36 Å². The topological polar surface area (TPSA) is 9.23 Å². The zero-order valence-electron chi connectivity index (χ0n) is 6.33. The maximum atomic E-state index is 12.7. The molecule has 0 saturated heterocycles. The first kappa shape index (κ1) is 11.2. The van der Waals surface area contributed by atoms with Gasteiger partial charge in [0, 0.05) is 6.07 Å². The summed E-state index contributed by atoms with van der Waals surface area (Å²) < 4.78 is 63.3. The van der Waals surface area contributed by atoms with Gasteiger partial charge in [0.05, 0.1) is 4.47 Å². The van der Waals surface area contributed by atoms with E-state index < -0.39 is 23.7 Å². The number of halogens is 6. The van der Waals surface area contributed by atoms with E-state index in [1.807, 2.05) is 0 Å². The molecule has 14 heavy (non-hydrogen) atoms. The first-order valence-corrected chi connectivity index (χ1v) is 3.99. The van der Waals surface area contributed by atoms with Crippen molar-refractivity contribution in [1.29, 1.82) is 0 Å². The summed E-state index contributed by atoms with van der Waals surface area (Å²) in [5.41, 5.74) is 0. The molecule has 0 aromatic heterocycles. The molecule has 0 amide bonds. The maximum Gasteiger partial charge on any atom is 0.573 e. The first-order chi connectivity index (χ1) is 6.29. The van der Waals surface area contributed by atoms with Crippen LogP contribution in [0, 0.1) is 11.6 Å². The van der Waals surface area contributed by atoms with Crippen LogP contribution in [0.5, 0.6) is 5.75 Å². The Balaban J connectivity index is 3.04. The van der Waals surface area contributed by atoms with Crippen LogP contribution in [0.4, 0.5) is 22.0 Å². The van der Waals surface area contributed by atoms with Gasteiger partial charge in [0.15, 0.2) is 11.6 Å². The Labute approximate surface area is 83.6 Å². The van der Waals surface area contributed by atoms with Crippen LogP contribution in [0.15, 0.2) is 16.6 Å². The van der Waals surface area contributed by atoms with E-state index in [1.54, 1.807) is 0 Å². The third kappa shape index (κ3) is 2.83. The van der Waals surface area contributed by atoms with Crippen LogP contribution in [0.2, 0.25) is 0 Å². The lowest BCUT2D eigenvalue weighted by molar-refractivity contribution is -0.275. The third-order valence-corrected chi connectivity index (χ3v) is 1.81. The van der Waals surface area contributed by atoms with E-state index in [2.05, 4.69) is 20.7 Å². The second kappa shape index (κ2) is 3.72. The summed E-state index contributed by atoms with van der Waals surface area (Å²) in [4.78, 5) is 0. The van der Waals surface area contributed by atoms with E-state index in [9.17, 15) is 22.0 Å². The lowest BCUT2D eigenvalue weighted by atomic mass is 10.3. The van der Waals surface area contributed by atoms with E-state index in [0.29, 0.717) is 12.1 Å². The fourth-order valence-electron chi connectivity index (χ4n) is 0.707. The Bertz CT molecular complexity index is 349. The highest BCUT2D eigenvalue weighted by atomic mass is 79.9. The highest BCUT2D eigenvalue weighted by Gasteiger charge is 2.32. The van der Waals surface area contributed by atoms with Gasteiger partial charge in [-0.2, -0.15) is 0 Å². The van der Waals surface area contributed by atoms with Crippen molar-refractivity contribution < 1.29 is 26.7 Å². The molecule has 0 bridgehead atoms. The zero-order chi connectivity index (χ0) is 10.9. The van der Waals surface area contributed by atoms with Crippen LogP contribution < -0.4 is 4.74 Å². The smallest absolute Gasteiger partial charge is 0.403 e. The molecule has 0 aliphatic rings. The first-order valence-electron chi connectivity index (χ1n) is 3.20. The molecule has 1 rings (SSSR count). The number of ether oxygens (including phenoxy) is 1. The predicted molar refractivity (Wildman–Crippen MR) is 40.7 cm³/mol. The number of alkyl halides is 3. The third-order valence-electron chi connectivity index (χ3n) is 1.20. The lowest BCUT2D eigenvalue weighted by Crippen LogP contribution is -2.18. The van der Waals surface area contributed by atoms with E-state index in [1.165, 1.54) is 0 Å². The molecule has 0 aliphatic carbocycles. The Morgan fingerprint density at radius 2 is 1.64 bits per heavy atom. The van der Waals surface area contributed by atoms with Crippen LogP contribution in [-0.2, 0) is 0 Å². The van der Waals surface area contributed by atoms with Crippen LogP contribution >= 0.6 is 15.9 Å². The van der Waals surface area contributed by atoms with E-state index in [4.69, 9.17) is 0 Å². The van der Waals surface area contributed by atoms with Gasteiger partial charge in [0.2, 0.25) is 0 Å². The highest BCUT2D eigenvalue weighted by Crippen LogP contribution is 2.29. The van der Waals surface area contributed by atoms with Crippen molar-refractivity contribution >= 4 is 15.9 Å². The van der Waals surface area contributed by atoms with Crippen molar-refractivity contribution in [2.75, 3.05) is 0 Å². The Morgan fingerprint density at radius 3 is 2.14 bits per heavy atom. The second-order valence-electron chi connectivity index (χ2n) is 2.24. The van der Waals surface area contributed by atoms with E-state index >= 15 is 0 Å². The van der Waals surface area contributed by atoms with Crippen LogP contribution in [0.25, 0.3) is 0 Å². The van der Waals surface area contributed by atoms with Gasteiger partial charge in [-0.1, -0.05) is 0 Å². The lowest BCUT2D eigenvalue weighted by Gasteiger charge is -2.09. The average Bonchev–Trinajstić information content (AvgIpc) is 1.97. The van der Waals surface area contributed by atoms with Gasteiger partial charge in [0.25, 0.3) is 0 Å². The van der Waals surface area contributed by atoms with Crippen molar-refractivity contribution in [3.8, 4) is 5.75 Å². The molecule has 7 heteroatoms. The van der Waals surface area contributed by atoms with Crippen molar-refractivity contribution in [1.82, 2.24) is 0 Å². The molecule has 0 radical (unpaired) electrons. The summed E-state index contributed by atoms with van der Waals surface area (Å²) >= 11 is 2.61. The molecule has 0 spiro atoms. The van der Waals surface area contributed by atoms with Gasteiger partial charge in [-0.05, 0) is 22.0 Å². The van der Waals surface area contributed by atoms with Crippen LogP contribution in [0.1, 0.15) is 0 Å². The minimum absolute atomic E-state index is 0.274. The summed E-state index contributed by atoms with van der Waals surface area (Å²) in [7, 11) is 0. The normalized spacial score (nSPS) is 11.6. The number of rotatable bonds is 1. The van der Waals surface area contributed by atoms with Crippen molar-refractivity contribution in [3.63, 3.8) is 0 Å². The second-order valence-corrected chi connectivity index (χ2v) is 3.10. The SMILES string of the molecule is Fc1cc(OC(F)(F)F)c(F)cc1Br. The van der Waals surface area contributed by atoms with E-state index in [0.717, 1.165) is 0 Å². The van der Waals surface area contributed by atoms with Gasteiger partial charge in [-0.25, -0.2) is 8.78 Å². The number of hydrogen-bond acceptors (Lipinski definition) is 1. The van der Waals surface area contributed by atoms with Crippen LogP contribution in [0.3, 0.4) is 0 Å². The molecule has 78 valence electrons. The Kier molecular flexibility index (Phi) is 2.98. The fourth-order valence-corrected chi connectivity index (χ4v) is 1.02. The monoisotopic (exact) mass is 276 g/mol. The molecule has 0 N–H and O–H groups in total. The Morgan fingerprint density at radius 1 is 1.07 bits per heavy atom. The minimum Gasteiger partial charge on any atom is -0.403 e. The average molecular weight is 277 g/mol. The summed E-state index contributed by atoms with van der Waals surface area (Å²) in [5.74, 6) is -3.53. The van der Waals surface area contributed by atoms with Gasteiger partial charge < -0.3 is 4.74 Å². The maximum absolute atomic E-state index is 12.7. The van der Waals surface area contributed by atoms with Gasteiger partial charge >= 0.3 is 6.36 Å². The fraction of sp³-hybridized carbons (Fsp3) is 0.143. The molecule has 0 unspecified atom stereocenters. The molecule has 1 aromatic rings. The minimum atomic E-state index is -5.04. The molecule has 0 heterocycles. The molecule has 0 saturated carbocycles. The molecule has 0 atom stereocenters. The number of hydrogen-bond donors (Lipinski definition) is 0. The Hall–Kier alpha value is -0.850. The van der Waals surface area contributed by atoms with Crippen molar-refractivity contribution in [2.24, 2.45) is 0 Å². The molecule has 1 aromatic carbocycles. The van der Waals surface area contributed by atoms with E-state index in [-0.39, 0.29) is 4.47 Å². The molecule has 0 fully saturated rings. The summed E-state index contributed by atoms with van der Waals surface area (Å²) in [6, 6.07) is 0.864. The predicted octanol–water partition coefficient (Wildman–Crippen LogP) is 3.63. The molecule has 1 nitrogen and oxygen atoms in total. The summed E-state index contributed by atoms with van der Waals surface area (Å²) in [6.45, 7) is 0. The van der Waals surface area contributed by atoms with Crippen LogP contribution in [-0.4, -0.2) is 6.36 Å². The molecular weight excluding hydrogens is 275 g/mol. The highest BCUT2D eigenvalue weighted by molar-refractivity contribution is 9.10. The largest absolute Gasteiger partial charge is 0.573 e. The summed E-state index contributed by atoms with van der Waals surface area (Å²) in [5, 5.41) is 0. The summed E-state index contributed by atoms with van der Waals surface area (Å²) in [6.07, 6.45) is -5.04. The zero-order valence-corrected chi connectivity index (χ0v) is 7.92. The molecule has 0 aliphatic heterocycles. The van der Waals surface area contributed by atoms with Gasteiger partial charge in [-0.3, -0.25) is 0 Å².